The molecule has 0 saturated carbocycles. The van der Waals surface area contributed by atoms with Crippen LogP contribution in [0.1, 0.15) is 12.8 Å². The molecule has 1 atom stereocenters. The molecule has 0 radical (unpaired) electrons. The van der Waals surface area contributed by atoms with Crippen molar-refractivity contribution in [2.75, 3.05) is 6.61 Å². The van der Waals surface area contributed by atoms with Crippen molar-refractivity contribution in [3.8, 4) is 0 Å². The Bertz CT molecular complexity index is 207. The van der Waals surface area contributed by atoms with Crippen LogP contribution in [0, 0.1) is 0 Å². The molecule has 2 N–H and O–H groups in total. The van der Waals surface area contributed by atoms with E-state index in [4.69, 9.17) is 9.66 Å². The molecule has 0 aliphatic carbocycles. The molecule has 5 nitrogen and oxygen atoms in total. The Morgan fingerprint density at radius 3 is 2.27 bits per heavy atom. The summed E-state index contributed by atoms with van der Waals surface area (Å²) >= 11 is 0. The fourth-order valence-electron chi connectivity index (χ4n) is 0.640. The van der Waals surface area contributed by atoms with E-state index < -0.39 is 15.4 Å². The largest absolute Gasteiger partial charge is 0.396 e. The van der Waals surface area contributed by atoms with Crippen LogP contribution in [0.4, 0.5) is 0 Å². The van der Waals surface area contributed by atoms with Crippen molar-refractivity contribution in [2.24, 2.45) is 0 Å². The summed E-state index contributed by atoms with van der Waals surface area (Å²) in [6, 6.07) is 0. The minimum Gasteiger partial charge on any atom is -0.396 e. The molecule has 0 fully saturated rings. The Balaban J connectivity index is 4.21. The Labute approximate surface area is 64.8 Å². The maximum atomic E-state index is 10.4. The molecular formula is C5H10O5S. The van der Waals surface area contributed by atoms with Gasteiger partial charge in [0, 0.05) is 13.0 Å². The SMILES string of the molecule is O=CCC(CCO)S(=O)(=O)O. The van der Waals surface area contributed by atoms with Gasteiger partial charge in [0.2, 0.25) is 0 Å². The first-order chi connectivity index (χ1) is 5.02. The van der Waals surface area contributed by atoms with E-state index in [0.29, 0.717) is 6.29 Å². The van der Waals surface area contributed by atoms with E-state index >= 15 is 0 Å². The van der Waals surface area contributed by atoms with Gasteiger partial charge in [0.05, 0.1) is 5.25 Å². The molecule has 0 aromatic heterocycles. The number of aldehydes is 1. The maximum Gasteiger partial charge on any atom is 0.268 e. The van der Waals surface area contributed by atoms with Gasteiger partial charge in [-0.3, -0.25) is 4.55 Å². The lowest BCUT2D eigenvalue weighted by Crippen LogP contribution is -2.22. The van der Waals surface area contributed by atoms with E-state index in [2.05, 4.69) is 0 Å². The van der Waals surface area contributed by atoms with Gasteiger partial charge in [0.25, 0.3) is 10.1 Å². The third kappa shape index (κ3) is 4.07. The van der Waals surface area contributed by atoms with Crippen molar-refractivity contribution < 1.29 is 22.9 Å². The monoisotopic (exact) mass is 182 g/mol. The van der Waals surface area contributed by atoms with Crippen LogP contribution in [-0.4, -0.2) is 36.2 Å². The Hall–Kier alpha value is -0.460. The number of carbonyl (C=O) groups is 1. The summed E-state index contributed by atoms with van der Waals surface area (Å²) in [4.78, 5) is 9.88. The van der Waals surface area contributed by atoms with Crippen molar-refractivity contribution in [1.29, 1.82) is 0 Å². The van der Waals surface area contributed by atoms with Crippen molar-refractivity contribution in [3.63, 3.8) is 0 Å². The number of hydrogen-bond donors (Lipinski definition) is 2. The molecular weight excluding hydrogens is 172 g/mol. The zero-order valence-electron chi connectivity index (χ0n) is 5.80. The Kier molecular flexibility index (Phi) is 4.24. The average Bonchev–Trinajstić information content (AvgIpc) is 1.85. The second-order valence-electron chi connectivity index (χ2n) is 2.05. The van der Waals surface area contributed by atoms with E-state index in [1.165, 1.54) is 0 Å². The molecule has 1 unspecified atom stereocenters. The van der Waals surface area contributed by atoms with Crippen LogP contribution in [0.5, 0.6) is 0 Å². The minimum absolute atomic E-state index is 0.114. The first-order valence-corrected chi connectivity index (χ1v) is 4.53. The van der Waals surface area contributed by atoms with Crippen LogP contribution >= 0.6 is 0 Å². The number of hydrogen-bond acceptors (Lipinski definition) is 4. The topological polar surface area (TPSA) is 91.7 Å². The van der Waals surface area contributed by atoms with Crippen LogP contribution in [0.3, 0.4) is 0 Å². The molecule has 0 saturated heterocycles. The second kappa shape index (κ2) is 4.42. The van der Waals surface area contributed by atoms with Gasteiger partial charge >= 0.3 is 0 Å². The standard InChI is InChI=1S/C5H10O5S/c6-3-1-5(2-4-7)11(8,9)10/h3,5,7H,1-2,4H2,(H,8,9,10). The normalized spacial score (nSPS) is 14.4. The zero-order valence-corrected chi connectivity index (χ0v) is 6.62. The van der Waals surface area contributed by atoms with Crippen molar-refractivity contribution in [3.05, 3.63) is 0 Å². The molecule has 0 aromatic carbocycles. The minimum atomic E-state index is -4.18. The highest BCUT2D eigenvalue weighted by molar-refractivity contribution is 7.86. The van der Waals surface area contributed by atoms with Gasteiger partial charge in [-0.15, -0.1) is 0 Å². The number of rotatable bonds is 5. The average molecular weight is 182 g/mol. The first kappa shape index (κ1) is 10.5. The van der Waals surface area contributed by atoms with Gasteiger partial charge in [0.1, 0.15) is 6.29 Å². The van der Waals surface area contributed by atoms with Crippen molar-refractivity contribution in [2.45, 2.75) is 18.1 Å². The summed E-state index contributed by atoms with van der Waals surface area (Å²) in [6.07, 6.45) is 0.00502. The second-order valence-corrected chi connectivity index (χ2v) is 3.75. The quantitative estimate of drug-likeness (QED) is 0.429. The molecule has 0 rings (SSSR count). The molecule has 0 amide bonds. The fraction of sp³-hybridized carbons (Fsp3) is 0.800. The van der Waals surface area contributed by atoms with Gasteiger partial charge in [0.15, 0.2) is 0 Å². The Morgan fingerprint density at radius 2 is 2.00 bits per heavy atom. The molecule has 0 aliphatic heterocycles. The molecule has 0 heterocycles. The van der Waals surface area contributed by atoms with Gasteiger partial charge in [-0.2, -0.15) is 8.42 Å². The lowest BCUT2D eigenvalue weighted by molar-refractivity contribution is -0.107. The summed E-state index contributed by atoms with van der Waals surface area (Å²) in [5, 5.41) is 7.17. The van der Waals surface area contributed by atoms with Gasteiger partial charge < -0.3 is 9.90 Å². The molecule has 0 aliphatic rings. The number of aliphatic hydroxyl groups is 1. The van der Waals surface area contributed by atoms with Crippen LogP contribution in [-0.2, 0) is 14.9 Å². The zero-order chi connectivity index (χ0) is 8.91. The molecule has 11 heavy (non-hydrogen) atoms. The van der Waals surface area contributed by atoms with E-state index in [1.54, 1.807) is 0 Å². The highest BCUT2D eigenvalue weighted by Crippen LogP contribution is 2.06. The number of aliphatic hydroxyl groups excluding tert-OH is 1. The predicted molar refractivity (Wildman–Crippen MR) is 37.7 cm³/mol. The highest BCUT2D eigenvalue weighted by Gasteiger charge is 2.21. The van der Waals surface area contributed by atoms with Gasteiger partial charge in [-0.25, -0.2) is 0 Å². The van der Waals surface area contributed by atoms with E-state index in [0.717, 1.165) is 0 Å². The van der Waals surface area contributed by atoms with Gasteiger partial charge in [-0.1, -0.05) is 0 Å². The summed E-state index contributed by atoms with van der Waals surface area (Å²) in [6.45, 7) is -0.363. The molecule has 0 spiro atoms. The van der Waals surface area contributed by atoms with Crippen LogP contribution in [0.15, 0.2) is 0 Å². The van der Waals surface area contributed by atoms with Crippen LogP contribution < -0.4 is 0 Å². The molecule has 66 valence electrons. The van der Waals surface area contributed by atoms with Crippen LogP contribution in [0.2, 0.25) is 0 Å². The van der Waals surface area contributed by atoms with E-state index in [9.17, 15) is 13.2 Å². The predicted octanol–water partition coefficient (Wildman–Crippen LogP) is -0.786. The first-order valence-electron chi connectivity index (χ1n) is 3.03. The van der Waals surface area contributed by atoms with Crippen molar-refractivity contribution >= 4 is 16.4 Å². The summed E-state index contributed by atoms with van der Waals surface area (Å²) < 4.78 is 29.2. The third-order valence-electron chi connectivity index (χ3n) is 1.23. The number of carbonyl (C=O) groups excluding carboxylic acids is 1. The molecule has 6 heteroatoms. The summed E-state index contributed by atoms with van der Waals surface area (Å²) in [7, 11) is -4.18. The highest BCUT2D eigenvalue weighted by atomic mass is 32.2. The van der Waals surface area contributed by atoms with E-state index in [1.807, 2.05) is 0 Å². The molecule has 0 bridgehead atoms. The van der Waals surface area contributed by atoms with Crippen LogP contribution in [0.25, 0.3) is 0 Å². The smallest absolute Gasteiger partial charge is 0.268 e. The van der Waals surface area contributed by atoms with Gasteiger partial charge in [-0.05, 0) is 6.42 Å². The lowest BCUT2D eigenvalue weighted by Gasteiger charge is -2.07. The van der Waals surface area contributed by atoms with E-state index in [-0.39, 0.29) is 19.4 Å². The Morgan fingerprint density at radius 1 is 1.45 bits per heavy atom. The molecule has 0 aromatic rings. The fourth-order valence-corrected chi connectivity index (χ4v) is 1.36. The lowest BCUT2D eigenvalue weighted by atomic mass is 10.2. The summed E-state index contributed by atoms with van der Waals surface area (Å²) in [5.41, 5.74) is 0. The third-order valence-corrected chi connectivity index (χ3v) is 2.50. The van der Waals surface area contributed by atoms with Crippen molar-refractivity contribution in [1.82, 2.24) is 0 Å². The maximum absolute atomic E-state index is 10.4. The summed E-state index contributed by atoms with van der Waals surface area (Å²) in [5.74, 6) is 0.